The van der Waals surface area contributed by atoms with Gasteiger partial charge in [0.2, 0.25) is 0 Å². The van der Waals surface area contributed by atoms with Gasteiger partial charge in [0.05, 0.1) is 0 Å². The Morgan fingerprint density at radius 3 is 2.14 bits per heavy atom. The van der Waals surface area contributed by atoms with Crippen molar-refractivity contribution in [1.29, 1.82) is 0 Å². The summed E-state index contributed by atoms with van der Waals surface area (Å²) in [5.41, 5.74) is 3.46. The van der Waals surface area contributed by atoms with Crippen molar-refractivity contribution in [2.45, 2.75) is 45.4 Å². The number of hydrogen-bond acceptors (Lipinski definition) is 0. The Kier molecular flexibility index (Phi) is 4.43. The molecule has 0 radical (unpaired) electrons. The van der Waals surface area contributed by atoms with Crippen LogP contribution in [0, 0.1) is 11.3 Å². The lowest BCUT2D eigenvalue weighted by molar-refractivity contribution is 0.115. The van der Waals surface area contributed by atoms with Crippen LogP contribution in [-0.4, -0.2) is 0 Å². The largest absolute Gasteiger partial charge is 0.0622 e. The molecule has 1 aliphatic rings. The highest BCUT2D eigenvalue weighted by atomic mass is 14.4. The summed E-state index contributed by atoms with van der Waals surface area (Å²) < 4.78 is 0. The highest BCUT2D eigenvalue weighted by Crippen LogP contribution is 2.45. The molecule has 0 bridgehead atoms. The van der Waals surface area contributed by atoms with Gasteiger partial charge in [0.1, 0.15) is 0 Å². The lowest BCUT2D eigenvalue weighted by Gasteiger charge is -2.42. The predicted octanol–water partition coefficient (Wildman–Crippen LogP) is 5.67. The SMILES string of the molecule is CC1(Cc2ccccc2)CCCCC1Cc1ccccc1. The van der Waals surface area contributed by atoms with Crippen molar-refractivity contribution in [2.24, 2.45) is 11.3 Å². The van der Waals surface area contributed by atoms with E-state index < -0.39 is 0 Å². The van der Waals surface area contributed by atoms with Crippen LogP contribution in [0.15, 0.2) is 60.7 Å². The first-order chi connectivity index (χ1) is 10.3. The molecule has 0 saturated heterocycles. The van der Waals surface area contributed by atoms with Gasteiger partial charge in [-0.05, 0) is 48.1 Å². The predicted molar refractivity (Wildman–Crippen MR) is 90.4 cm³/mol. The molecule has 1 saturated carbocycles. The first kappa shape index (κ1) is 14.4. The second-order valence-electron chi connectivity index (χ2n) is 6.95. The molecule has 0 nitrogen and oxygen atoms in total. The van der Waals surface area contributed by atoms with E-state index in [4.69, 9.17) is 0 Å². The molecule has 0 N–H and O–H groups in total. The minimum absolute atomic E-state index is 0.454. The van der Waals surface area contributed by atoms with Gasteiger partial charge in [-0.1, -0.05) is 80.4 Å². The summed E-state index contributed by atoms with van der Waals surface area (Å²) in [4.78, 5) is 0. The van der Waals surface area contributed by atoms with E-state index in [1.54, 1.807) is 0 Å². The van der Waals surface area contributed by atoms with Crippen LogP contribution in [0.1, 0.15) is 43.7 Å². The van der Waals surface area contributed by atoms with Crippen molar-refractivity contribution >= 4 is 0 Å². The van der Waals surface area contributed by atoms with Crippen LogP contribution >= 0.6 is 0 Å². The Bertz CT molecular complexity index is 543. The summed E-state index contributed by atoms with van der Waals surface area (Å²) >= 11 is 0. The van der Waals surface area contributed by atoms with E-state index >= 15 is 0 Å². The molecule has 2 aromatic rings. The fraction of sp³-hybridized carbons (Fsp3) is 0.429. The van der Waals surface area contributed by atoms with Crippen LogP contribution in [0.3, 0.4) is 0 Å². The second kappa shape index (κ2) is 6.47. The van der Waals surface area contributed by atoms with Crippen molar-refractivity contribution in [3.8, 4) is 0 Å². The van der Waals surface area contributed by atoms with Crippen LogP contribution in [-0.2, 0) is 12.8 Å². The van der Waals surface area contributed by atoms with Crippen molar-refractivity contribution in [2.75, 3.05) is 0 Å². The van der Waals surface area contributed by atoms with Crippen LogP contribution in [0.4, 0.5) is 0 Å². The summed E-state index contributed by atoms with van der Waals surface area (Å²) in [6.45, 7) is 2.52. The molecule has 0 spiro atoms. The summed E-state index contributed by atoms with van der Waals surface area (Å²) in [5.74, 6) is 0.814. The molecule has 2 unspecified atom stereocenters. The van der Waals surface area contributed by atoms with Gasteiger partial charge in [-0.15, -0.1) is 0 Å². The topological polar surface area (TPSA) is 0 Å². The lowest BCUT2D eigenvalue weighted by Crippen LogP contribution is -2.34. The molecule has 21 heavy (non-hydrogen) atoms. The highest BCUT2D eigenvalue weighted by Gasteiger charge is 2.36. The molecule has 0 aliphatic heterocycles. The number of benzene rings is 2. The maximum atomic E-state index is 2.52. The number of rotatable bonds is 4. The minimum atomic E-state index is 0.454. The Balaban J connectivity index is 1.77. The van der Waals surface area contributed by atoms with Gasteiger partial charge in [-0.25, -0.2) is 0 Å². The van der Waals surface area contributed by atoms with Gasteiger partial charge >= 0.3 is 0 Å². The maximum Gasteiger partial charge on any atom is -0.0222 e. The lowest BCUT2D eigenvalue weighted by atomic mass is 9.63. The molecule has 0 aromatic heterocycles. The zero-order chi connectivity index (χ0) is 14.5. The molecule has 0 heteroatoms. The molecule has 1 aliphatic carbocycles. The Labute approximate surface area is 129 Å². The molecule has 0 amide bonds. The third-order valence-electron chi connectivity index (χ3n) is 5.31. The fourth-order valence-corrected chi connectivity index (χ4v) is 4.01. The van der Waals surface area contributed by atoms with E-state index in [1.807, 2.05) is 0 Å². The second-order valence-corrected chi connectivity index (χ2v) is 6.95. The van der Waals surface area contributed by atoms with Crippen LogP contribution in [0.2, 0.25) is 0 Å². The normalized spacial score (nSPS) is 25.7. The molecule has 1 fully saturated rings. The Morgan fingerprint density at radius 2 is 1.48 bits per heavy atom. The monoisotopic (exact) mass is 278 g/mol. The third kappa shape index (κ3) is 3.56. The highest BCUT2D eigenvalue weighted by molar-refractivity contribution is 5.19. The fourth-order valence-electron chi connectivity index (χ4n) is 4.01. The quantitative estimate of drug-likeness (QED) is 0.676. The van der Waals surface area contributed by atoms with Gasteiger partial charge in [0.15, 0.2) is 0 Å². The van der Waals surface area contributed by atoms with Gasteiger partial charge in [-0.2, -0.15) is 0 Å². The van der Waals surface area contributed by atoms with Gasteiger partial charge in [0.25, 0.3) is 0 Å². The molecular weight excluding hydrogens is 252 g/mol. The first-order valence-electron chi connectivity index (χ1n) is 8.34. The van der Waals surface area contributed by atoms with Crippen LogP contribution < -0.4 is 0 Å². The average molecular weight is 278 g/mol. The maximum absolute atomic E-state index is 2.52. The summed E-state index contributed by atoms with van der Waals surface area (Å²) in [7, 11) is 0. The Hall–Kier alpha value is -1.56. The van der Waals surface area contributed by atoms with E-state index in [9.17, 15) is 0 Å². The molecule has 2 aromatic carbocycles. The van der Waals surface area contributed by atoms with Crippen molar-refractivity contribution < 1.29 is 0 Å². The molecule has 2 atom stereocenters. The Morgan fingerprint density at radius 1 is 0.857 bits per heavy atom. The minimum Gasteiger partial charge on any atom is -0.0622 e. The van der Waals surface area contributed by atoms with E-state index in [0.717, 1.165) is 5.92 Å². The van der Waals surface area contributed by atoms with E-state index in [-0.39, 0.29) is 0 Å². The number of hydrogen-bond donors (Lipinski definition) is 0. The van der Waals surface area contributed by atoms with E-state index in [2.05, 4.69) is 67.6 Å². The van der Waals surface area contributed by atoms with E-state index in [1.165, 1.54) is 49.7 Å². The van der Waals surface area contributed by atoms with Crippen LogP contribution in [0.5, 0.6) is 0 Å². The first-order valence-corrected chi connectivity index (χ1v) is 8.34. The van der Waals surface area contributed by atoms with Crippen molar-refractivity contribution in [3.05, 3.63) is 71.8 Å². The zero-order valence-corrected chi connectivity index (χ0v) is 13.1. The van der Waals surface area contributed by atoms with Gasteiger partial charge in [0, 0.05) is 0 Å². The van der Waals surface area contributed by atoms with Crippen LogP contribution in [0.25, 0.3) is 0 Å². The summed E-state index contributed by atoms with van der Waals surface area (Å²) in [6, 6.07) is 22.1. The standard InChI is InChI=1S/C21H26/c1-21(17-19-12-6-3-7-13-19)15-9-8-14-20(21)16-18-10-4-2-5-11-18/h2-7,10-13,20H,8-9,14-17H2,1H3. The van der Waals surface area contributed by atoms with Gasteiger partial charge < -0.3 is 0 Å². The van der Waals surface area contributed by atoms with Crippen molar-refractivity contribution in [3.63, 3.8) is 0 Å². The molecular formula is C21H26. The van der Waals surface area contributed by atoms with Gasteiger partial charge in [-0.3, -0.25) is 0 Å². The van der Waals surface area contributed by atoms with E-state index in [0.29, 0.717) is 5.41 Å². The zero-order valence-electron chi connectivity index (χ0n) is 13.1. The molecule has 0 heterocycles. The molecule has 110 valence electrons. The smallest absolute Gasteiger partial charge is 0.0222 e. The van der Waals surface area contributed by atoms with Crippen molar-refractivity contribution in [1.82, 2.24) is 0 Å². The third-order valence-corrected chi connectivity index (χ3v) is 5.31. The average Bonchev–Trinajstić information content (AvgIpc) is 2.52. The summed E-state index contributed by atoms with van der Waals surface area (Å²) in [5, 5.41) is 0. The molecule has 3 rings (SSSR count). The summed E-state index contributed by atoms with van der Waals surface area (Å²) in [6.07, 6.45) is 8.03.